The molecule has 0 radical (unpaired) electrons. The van der Waals surface area contributed by atoms with E-state index in [9.17, 15) is 52.7 Å². The van der Waals surface area contributed by atoms with Gasteiger partial charge >= 0.3 is 0 Å². The minimum absolute atomic E-state index is 1.04. The summed E-state index contributed by atoms with van der Waals surface area (Å²) in [5.41, 5.74) is -11.5. The van der Waals surface area contributed by atoms with Crippen LogP contribution in [0.5, 0.6) is 0 Å². The Labute approximate surface area is 400 Å². The fourth-order valence-corrected chi connectivity index (χ4v) is 13.0. The smallest absolute Gasteiger partial charge is 0.200 e. The molecule has 0 nitrogen and oxygen atoms in total. The van der Waals surface area contributed by atoms with Crippen LogP contribution in [0.1, 0.15) is 18.1 Å². The Kier molecular flexibility index (Phi) is 15.3. The number of hydrogen-bond donors (Lipinski definition) is 0. The predicted molar refractivity (Wildman–Crippen MR) is 234 cm³/mol. The summed E-state index contributed by atoms with van der Waals surface area (Å²) in [7, 11) is -1.80. The first-order valence-electron chi connectivity index (χ1n) is 20.9. The van der Waals surface area contributed by atoms with E-state index in [-0.39, 0.29) is 0 Å². The fraction of sp³-hybridized carbons (Fsp3) is 0.0588. The first kappa shape index (κ1) is 53.6. The third kappa shape index (κ3) is 8.68. The Morgan fingerprint density at radius 2 is 0.452 bits per heavy atom. The molecule has 8 rings (SSSR count). The zero-order valence-electron chi connectivity index (χ0n) is 36.5. The fourth-order valence-electron chi connectivity index (χ4n) is 8.80. The van der Waals surface area contributed by atoms with Crippen LogP contribution < -0.4 is 37.8 Å². The molecule has 22 heteroatoms. The lowest BCUT2D eigenvalue weighted by atomic mass is 9.12. The number of rotatable bonds is 10. The standard InChI is InChI=1S/C27H26P.C24BF20/c1-2-23-18-20-24(21-19-23)22-28(25-12-6-3-7-13-25,26-14-8-4-9-15-26)27-16-10-5-11-17-27;26-5-1(6(27)14(35)21(42)13(5)34)25(2-7(28)15(36)22(43)16(37)8(2)29,3-9(30)17(38)23(44)18(39)10(3)31)4-11(32)19(40)24(45)20(41)12(4)33/h3-21H,2,22H2,1H3;/q+1;-1. The van der Waals surface area contributed by atoms with Crippen molar-refractivity contribution in [3.05, 3.63) is 243 Å². The predicted octanol–water partition coefficient (Wildman–Crippen LogP) is 11.6. The van der Waals surface area contributed by atoms with Crippen LogP contribution in [0, 0.1) is 116 Å². The highest BCUT2D eigenvalue weighted by Gasteiger charge is 2.52. The zero-order chi connectivity index (χ0) is 53.6. The van der Waals surface area contributed by atoms with Gasteiger partial charge in [-0.25, -0.2) is 87.8 Å². The molecule has 378 valence electrons. The lowest BCUT2D eigenvalue weighted by Crippen LogP contribution is -2.81. The number of halogens is 20. The van der Waals surface area contributed by atoms with E-state index in [1.807, 2.05) is 0 Å². The maximum atomic E-state index is 15.4. The number of aryl methyl sites for hydroxylation is 1. The van der Waals surface area contributed by atoms with Gasteiger partial charge in [0.2, 0.25) is 0 Å². The summed E-state index contributed by atoms with van der Waals surface area (Å²) >= 11 is 0. The normalized spacial score (nSPS) is 11.7. The van der Waals surface area contributed by atoms with Gasteiger partial charge in [0.25, 0.3) is 0 Å². The van der Waals surface area contributed by atoms with Gasteiger partial charge in [-0.2, -0.15) is 0 Å². The van der Waals surface area contributed by atoms with Gasteiger partial charge in [-0.15, -0.1) is 21.9 Å². The first-order chi connectivity index (χ1) is 34.5. The van der Waals surface area contributed by atoms with Crippen molar-refractivity contribution in [1.29, 1.82) is 0 Å². The van der Waals surface area contributed by atoms with Crippen LogP contribution in [0.3, 0.4) is 0 Å². The van der Waals surface area contributed by atoms with E-state index in [1.165, 1.54) is 27.0 Å². The second-order valence-electron chi connectivity index (χ2n) is 15.9. The van der Waals surface area contributed by atoms with E-state index in [2.05, 4.69) is 122 Å². The van der Waals surface area contributed by atoms with Crippen molar-refractivity contribution >= 4 is 51.2 Å². The molecule has 0 saturated heterocycles. The molecular weight excluding hydrogens is 1030 g/mol. The van der Waals surface area contributed by atoms with Crippen LogP contribution in [0.25, 0.3) is 0 Å². The van der Waals surface area contributed by atoms with Gasteiger partial charge < -0.3 is 0 Å². The molecule has 0 fully saturated rings. The van der Waals surface area contributed by atoms with Gasteiger partial charge in [0.1, 0.15) is 75.9 Å². The van der Waals surface area contributed by atoms with E-state index in [1.54, 1.807) is 0 Å². The van der Waals surface area contributed by atoms with Crippen LogP contribution in [0.15, 0.2) is 115 Å². The van der Waals surface area contributed by atoms with Crippen LogP contribution in [-0.2, 0) is 12.6 Å². The average Bonchev–Trinajstić information content (AvgIpc) is 3.41. The molecule has 8 aromatic rings. The van der Waals surface area contributed by atoms with Crippen LogP contribution >= 0.6 is 7.26 Å². The minimum Gasteiger partial charge on any atom is -0.207 e. The van der Waals surface area contributed by atoms with E-state index in [0.29, 0.717) is 0 Å². The topological polar surface area (TPSA) is 0 Å². The monoisotopic (exact) mass is 1060 g/mol. The summed E-state index contributed by atoms with van der Waals surface area (Å²) in [5, 5.41) is 4.31. The van der Waals surface area contributed by atoms with Crippen LogP contribution in [0.4, 0.5) is 87.8 Å². The van der Waals surface area contributed by atoms with E-state index >= 15 is 35.1 Å². The van der Waals surface area contributed by atoms with Gasteiger partial charge in [-0.1, -0.05) is 85.8 Å². The third-order valence-corrected chi connectivity index (χ3v) is 16.5. The van der Waals surface area contributed by atoms with Gasteiger partial charge in [0.05, 0.1) is 6.16 Å². The Morgan fingerprint density at radius 1 is 0.260 bits per heavy atom. The Bertz CT molecular complexity index is 2920. The molecule has 0 aliphatic heterocycles. The van der Waals surface area contributed by atoms with Crippen molar-refractivity contribution < 1.29 is 87.8 Å². The lowest BCUT2D eigenvalue weighted by Gasteiger charge is -2.44. The summed E-state index contributed by atoms with van der Waals surface area (Å²) in [5.74, 6) is -71.4. The highest BCUT2D eigenvalue weighted by molar-refractivity contribution is 7.95. The van der Waals surface area contributed by atoms with Gasteiger partial charge in [-0.3, -0.25) is 0 Å². The summed E-state index contributed by atoms with van der Waals surface area (Å²) in [6.07, 6.45) is -5.10. The number of benzene rings is 8. The van der Waals surface area contributed by atoms with Crippen molar-refractivity contribution in [3.63, 3.8) is 0 Å². The second kappa shape index (κ2) is 20.8. The van der Waals surface area contributed by atoms with Gasteiger partial charge in [0, 0.05) is 0 Å². The SMILES string of the molecule is CCc1ccc(C[P+](c2ccccc2)(c2ccccc2)c2ccccc2)cc1.Fc1c(F)c(F)c([B-](c2c(F)c(F)c(F)c(F)c2F)(c2c(F)c(F)c(F)c(F)c2F)c2c(F)c(F)c(F)c(F)c2F)c(F)c1F. The van der Waals surface area contributed by atoms with Crippen molar-refractivity contribution in [1.82, 2.24) is 0 Å². The molecule has 8 aromatic carbocycles. The molecule has 0 N–H and O–H groups in total. The average molecular weight is 1060 g/mol. The van der Waals surface area contributed by atoms with E-state index in [4.69, 9.17) is 0 Å². The molecular formula is C51H26BF20P. The highest BCUT2D eigenvalue weighted by Crippen LogP contribution is 2.58. The van der Waals surface area contributed by atoms with Gasteiger partial charge in [0.15, 0.2) is 69.8 Å². The molecule has 0 aliphatic carbocycles. The quantitative estimate of drug-likeness (QED) is 0.0421. The van der Waals surface area contributed by atoms with Crippen LogP contribution in [-0.4, -0.2) is 6.15 Å². The summed E-state index contributed by atoms with van der Waals surface area (Å²) in [6, 6.07) is 42.5. The van der Waals surface area contributed by atoms with Crippen molar-refractivity contribution in [2.24, 2.45) is 0 Å². The summed E-state index contributed by atoms with van der Waals surface area (Å²) in [4.78, 5) is 0. The largest absolute Gasteiger partial charge is 0.207 e. The summed E-state index contributed by atoms with van der Waals surface area (Å²) < 4.78 is 294. The minimum atomic E-state index is -7.22. The molecule has 0 aromatic heterocycles. The zero-order valence-corrected chi connectivity index (χ0v) is 37.4. The molecule has 0 saturated carbocycles. The van der Waals surface area contributed by atoms with Crippen molar-refractivity contribution in [2.75, 3.05) is 0 Å². The van der Waals surface area contributed by atoms with Crippen molar-refractivity contribution in [2.45, 2.75) is 19.5 Å². The first-order valence-corrected chi connectivity index (χ1v) is 22.9. The highest BCUT2D eigenvalue weighted by atomic mass is 31.2. The third-order valence-electron chi connectivity index (χ3n) is 12.1. The Balaban J connectivity index is 0.000000237. The second-order valence-corrected chi connectivity index (χ2v) is 19.4. The Morgan fingerprint density at radius 3 is 0.658 bits per heavy atom. The molecule has 0 amide bonds. The van der Waals surface area contributed by atoms with E-state index < -0.39 is 152 Å². The molecule has 0 bridgehead atoms. The maximum absolute atomic E-state index is 15.4. The molecule has 0 atom stereocenters. The maximum Gasteiger partial charge on any atom is 0.200 e. The molecule has 0 heterocycles. The van der Waals surface area contributed by atoms with E-state index in [0.717, 1.165) is 12.6 Å². The molecule has 0 aliphatic rings. The summed E-state index contributed by atoms with van der Waals surface area (Å²) in [6.45, 7) is 2.21. The molecule has 73 heavy (non-hydrogen) atoms. The number of hydrogen-bond acceptors (Lipinski definition) is 0. The van der Waals surface area contributed by atoms with Crippen molar-refractivity contribution in [3.8, 4) is 0 Å². The van der Waals surface area contributed by atoms with Crippen LogP contribution in [0.2, 0.25) is 0 Å². The van der Waals surface area contributed by atoms with Gasteiger partial charge in [-0.05, 0) is 53.9 Å². The molecule has 0 unspecified atom stereocenters. The Hall–Kier alpha value is -7.15. The lowest BCUT2D eigenvalue weighted by molar-refractivity contribution is 0.378. The molecule has 0 spiro atoms.